The first-order valence-corrected chi connectivity index (χ1v) is 10.6. The predicted molar refractivity (Wildman–Crippen MR) is 89.2 cm³/mol. The molecule has 22 heavy (non-hydrogen) atoms. The summed E-state index contributed by atoms with van der Waals surface area (Å²) in [5, 5.41) is 9.97. The molecule has 0 fully saturated rings. The van der Waals surface area contributed by atoms with Gasteiger partial charge in [-0.2, -0.15) is 0 Å². The van der Waals surface area contributed by atoms with Gasteiger partial charge in [-0.05, 0) is 38.9 Å². The topological polar surface area (TPSA) is 72.8 Å². The summed E-state index contributed by atoms with van der Waals surface area (Å²) in [5.74, 6) is -0.893. The van der Waals surface area contributed by atoms with E-state index < -0.39 is 26.0 Å². The van der Waals surface area contributed by atoms with Crippen LogP contribution in [0.3, 0.4) is 0 Å². The lowest BCUT2D eigenvalue weighted by atomic mass is 10.1. The Hall–Kier alpha value is -0.723. The normalized spacial score (nSPS) is 14.6. The maximum Gasteiger partial charge on any atom is 0.313 e. The van der Waals surface area contributed by atoms with E-state index >= 15 is 0 Å². The van der Waals surface area contributed by atoms with Crippen LogP contribution in [0.15, 0.2) is 0 Å². The average molecular weight is 333 g/mol. The maximum atomic E-state index is 11.8. The van der Waals surface area contributed by atoms with Gasteiger partial charge in [-0.1, -0.05) is 20.8 Å². The summed E-state index contributed by atoms with van der Waals surface area (Å²) in [6.07, 6.45) is -1.29. The molecule has 0 aliphatic carbocycles. The Balaban J connectivity index is 4.25. The molecule has 0 radical (unpaired) electrons. The number of ketones is 1. The van der Waals surface area contributed by atoms with Crippen LogP contribution in [-0.2, 0) is 18.8 Å². The van der Waals surface area contributed by atoms with Gasteiger partial charge in [0.2, 0.25) is 0 Å². The molecule has 0 saturated heterocycles. The lowest BCUT2D eigenvalue weighted by Crippen LogP contribution is -2.42. The van der Waals surface area contributed by atoms with E-state index in [0.717, 1.165) is 0 Å². The second-order valence-corrected chi connectivity index (χ2v) is 13.0. The van der Waals surface area contributed by atoms with Crippen molar-refractivity contribution in [1.29, 1.82) is 0 Å². The first-order valence-electron chi connectivity index (χ1n) is 7.69. The molecule has 0 aromatic carbocycles. The molecule has 5 nitrogen and oxygen atoms in total. The Kier molecular flexibility index (Phi) is 7.45. The first-order chi connectivity index (χ1) is 9.64. The van der Waals surface area contributed by atoms with E-state index in [2.05, 4.69) is 33.9 Å². The number of aliphatic hydroxyl groups is 1. The number of esters is 1. The summed E-state index contributed by atoms with van der Waals surface area (Å²) >= 11 is 0. The van der Waals surface area contributed by atoms with Gasteiger partial charge in [0, 0.05) is 6.42 Å². The summed E-state index contributed by atoms with van der Waals surface area (Å²) in [6.45, 7) is 15.9. The van der Waals surface area contributed by atoms with Gasteiger partial charge in [0.1, 0.15) is 17.8 Å². The van der Waals surface area contributed by atoms with Gasteiger partial charge in [-0.15, -0.1) is 0 Å². The smallest absolute Gasteiger partial charge is 0.313 e. The number of aliphatic hydroxyl groups excluding tert-OH is 1. The molecular weight excluding hydrogens is 300 g/mol. The summed E-state index contributed by atoms with van der Waals surface area (Å²) < 4.78 is 10.9. The van der Waals surface area contributed by atoms with E-state index in [1.807, 2.05) is 0 Å². The molecule has 130 valence electrons. The molecule has 0 heterocycles. The molecule has 0 aromatic heterocycles. The number of rotatable bonds is 7. The summed E-state index contributed by atoms with van der Waals surface area (Å²) in [7, 11) is -1.95. The SMILES string of the molecule is CC(C)(C)OC(=O)CC(=O)C[C@H](O)CO[Si](C)(C)C(C)(C)C. The van der Waals surface area contributed by atoms with Crippen molar-refractivity contribution >= 4 is 20.1 Å². The quantitative estimate of drug-likeness (QED) is 0.441. The van der Waals surface area contributed by atoms with E-state index in [-0.39, 0.29) is 30.3 Å². The van der Waals surface area contributed by atoms with E-state index in [0.29, 0.717) is 0 Å². The van der Waals surface area contributed by atoms with Gasteiger partial charge in [0.25, 0.3) is 0 Å². The summed E-state index contributed by atoms with van der Waals surface area (Å²) in [6, 6.07) is 0. The Morgan fingerprint density at radius 1 is 1.09 bits per heavy atom. The number of ether oxygens (including phenoxy) is 1. The van der Waals surface area contributed by atoms with Gasteiger partial charge in [0.05, 0.1) is 12.7 Å². The van der Waals surface area contributed by atoms with E-state index in [1.165, 1.54) is 0 Å². The fourth-order valence-electron chi connectivity index (χ4n) is 1.45. The van der Waals surface area contributed by atoms with E-state index in [4.69, 9.17) is 9.16 Å². The minimum absolute atomic E-state index is 0.0489. The third kappa shape index (κ3) is 8.65. The molecule has 1 N–H and O–H groups in total. The van der Waals surface area contributed by atoms with Crippen LogP contribution in [-0.4, -0.2) is 43.5 Å². The Labute approximate surface area is 135 Å². The zero-order chi connectivity index (χ0) is 17.8. The van der Waals surface area contributed by atoms with Crippen molar-refractivity contribution in [3.05, 3.63) is 0 Å². The van der Waals surface area contributed by atoms with Crippen molar-refractivity contribution in [1.82, 2.24) is 0 Å². The molecule has 0 rings (SSSR count). The predicted octanol–water partition coefficient (Wildman–Crippen LogP) is 3.06. The Morgan fingerprint density at radius 3 is 2.00 bits per heavy atom. The lowest BCUT2D eigenvalue weighted by molar-refractivity contribution is -0.156. The summed E-state index contributed by atoms with van der Waals surface area (Å²) in [5.41, 5.74) is -0.610. The second-order valence-electron chi connectivity index (χ2n) is 8.23. The van der Waals surface area contributed by atoms with Gasteiger partial charge < -0.3 is 14.3 Å². The molecule has 0 spiro atoms. The number of Topliss-reactive ketones (excluding diaryl/α,β-unsaturated/α-hetero) is 1. The number of hydrogen-bond acceptors (Lipinski definition) is 5. The highest BCUT2D eigenvalue weighted by Crippen LogP contribution is 2.36. The largest absolute Gasteiger partial charge is 0.460 e. The van der Waals surface area contributed by atoms with E-state index in [1.54, 1.807) is 20.8 Å². The number of hydrogen-bond donors (Lipinski definition) is 1. The van der Waals surface area contributed by atoms with Crippen molar-refractivity contribution in [2.75, 3.05) is 6.61 Å². The molecular formula is C16H32O5Si. The molecule has 0 bridgehead atoms. The third-order valence-electron chi connectivity index (χ3n) is 3.67. The van der Waals surface area contributed by atoms with E-state index in [9.17, 15) is 14.7 Å². The molecule has 0 saturated carbocycles. The van der Waals surface area contributed by atoms with Crippen LogP contribution in [0.25, 0.3) is 0 Å². The van der Waals surface area contributed by atoms with Crippen molar-refractivity contribution in [2.24, 2.45) is 0 Å². The van der Waals surface area contributed by atoms with Crippen molar-refractivity contribution < 1.29 is 23.9 Å². The third-order valence-corrected chi connectivity index (χ3v) is 8.17. The van der Waals surface area contributed by atoms with Crippen LogP contribution < -0.4 is 0 Å². The number of carbonyl (C=O) groups excluding carboxylic acids is 2. The van der Waals surface area contributed by atoms with Gasteiger partial charge in [-0.3, -0.25) is 9.59 Å². The van der Waals surface area contributed by atoms with Crippen LogP contribution >= 0.6 is 0 Å². The van der Waals surface area contributed by atoms with Crippen molar-refractivity contribution in [3.8, 4) is 0 Å². The molecule has 0 aliphatic heterocycles. The molecule has 6 heteroatoms. The van der Waals surface area contributed by atoms with Gasteiger partial charge in [-0.25, -0.2) is 0 Å². The standard InChI is InChI=1S/C16H32O5Si/c1-15(2,3)21-14(19)10-12(17)9-13(18)11-20-22(7,8)16(4,5)6/h13,18H,9-11H2,1-8H3/t13-/m0/s1. The first kappa shape index (κ1) is 21.3. The highest BCUT2D eigenvalue weighted by molar-refractivity contribution is 6.74. The Bertz CT molecular complexity index is 390. The van der Waals surface area contributed by atoms with Crippen LogP contribution in [0.4, 0.5) is 0 Å². The molecule has 0 aromatic rings. The van der Waals surface area contributed by atoms with Crippen LogP contribution in [0.2, 0.25) is 18.1 Å². The number of carbonyl (C=O) groups is 2. The van der Waals surface area contributed by atoms with Crippen molar-refractivity contribution in [3.63, 3.8) is 0 Å². The van der Waals surface area contributed by atoms with Crippen LogP contribution in [0.1, 0.15) is 54.4 Å². The lowest BCUT2D eigenvalue weighted by Gasteiger charge is -2.36. The molecule has 0 aliphatic rings. The zero-order valence-corrected chi connectivity index (χ0v) is 16.3. The molecule has 0 amide bonds. The van der Waals surface area contributed by atoms with Crippen LogP contribution in [0, 0.1) is 0 Å². The second kappa shape index (κ2) is 7.70. The highest BCUT2D eigenvalue weighted by atomic mass is 28.4. The van der Waals surface area contributed by atoms with Gasteiger partial charge in [0.15, 0.2) is 8.32 Å². The van der Waals surface area contributed by atoms with Crippen molar-refractivity contribution in [2.45, 2.75) is 84.2 Å². The molecule has 1 atom stereocenters. The zero-order valence-electron chi connectivity index (χ0n) is 15.3. The fraction of sp³-hybridized carbons (Fsp3) is 0.875. The highest BCUT2D eigenvalue weighted by Gasteiger charge is 2.37. The molecule has 0 unspecified atom stereocenters. The summed E-state index contributed by atoms with van der Waals surface area (Å²) in [4.78, 5) is 23.3. The minimum atomic E-state index is -1.95. The maximum absolute atomic E-state index is 11.8. The fourth-order valence-corrected chi connectivity index (χ4v) is 2.50. The average Bonchev–Trinajstić information content (AvgIpc) is 2.21. The van der Waals surface area contributed by atoms with Gasteiger partial charge >= 0.3 is 5.97 Å². The van der Waals surface area contributed by atoms with Crippen LogP contribution in [0.5, 0.6) is 0 Å². The monoisotopic (exact) mass is 332 g/mol. The Morgan fingerprint density at radius 2 is 1.59 bits per heavy atom. The minimum Gasteiger partial charge on any atom is -0.460 e.